The Hall–Kier alpha value is -2.19. The molecule has 0 radical (unpaired) electrons. The fourth-order valence-electron chi connectivity index (χ4n) is 1.73. The second-order valence-electron chi connectivity index (χ2n) is 4.93. The molecule has 0 saturated carbocycles. The van der Waals surface area contributed by atoms with Gasteiger partial charge >= 0.3 is 0 Å². The van der Waals surface area contributed by atoms with Crippen LogP contribution in [0.4, 0.5) is 15.9 Å². The van der Waals surface area contributed by atoms with E-state index >= 15 is 0 Å². The van der Waals surface area contributed by atoms with E-state index in [1.165, 1.54) is 18.2 Å². The number of aromatic nitrogens is 2. The van der Waals surface area contributed by atoms with Gasteiger partial charge in [0.05, 0.1) is 11.3 Å². The largest absolute Gasteiger partial charge is 0.339 e. The molecule has 0 fully saturated rings. The van der Waals surface area contributed by atoms with Gasteiger partial charge in [0.1, 0.15) is 28.7 Å². The summed E-state index contributed by atoms with van der Waals surface area (Å²) in [5, 5.41) is 12.5. The molecule has 0 amide bonds. The number of nitriles is 1. The Morgan fingerprint density at radius 2 is 2.05 bits per heavy atom. The summed E-state index contributed by atoms with van der Waals surface area (Å²) < 4.78 is 13.2. The van der Waals surface area contributed by atoms with Gasteiger partial charge in [-0.25, -0.2) is 14.4 Å². The third-order valence-corrected chi connectivity index (χ3v) is 3.34. The van der Waals surface area contributed by atoms with Crippen molar-refractivity contribution in [1.82, 2.24) is 9.97 Å². The van der Waals surface area contributed by atoms with E-state index in [9.17, 15) is 4.39 Å². The van der Waals surface area contributed by atoms with Gasteiger partial charge in [-0.15, -0.1) is 0 Å². The molecule has 21 heavy (non-hydrogen) atoms. The first kappa shape index (κ1) is 15.2. The molecule has 1 heterocycles. The second kappa shape index (κ2) is 6.06. The van der Waals surface area contributed by atoms with Gasteiger partial charge in [0, 0.05) is 11.5 Å². The van der Waals surface area contributed by atoms with Crippen LogP contribution in [0.2, 0.25) is 5.15 Å². The van der Waals surface area contributed by atoms with Crippen LogP contribution in [0.25, 0.3) is 0 Å². The second-order valence-corrected chi connectivity index (χ2v) is 5.29. The van der Waals surface area contributed by atoms with E-state index in [0.717, 1.165) is 0 Å². The van der Waals surface area contributed by atoms with E-state index < -0.39 is 5.82 Å². The summed E-state index contributed by atoms with van der Waals surface area (Å²) in [6.45, 7) is 5.71. The maximum absolute atomic E-state index is 13.2. The maximum Gasteiger partial charge on any atom is 0.138 e. The molecule has 0 aliphatic rings. The van der Waals surface area contributed by atoms with Crippen molar-refractivity contribution < 1.29 is 4.39 Å². The van der Waals surface area contributed by atoms with Gasteiger partial charge in [0.25, 0.3) is 0 Å². The van der Waals surface area contributed by atoms with Crippen LogP contribution in [0.15, 0.2) is 18.2 Å². The van der Waals surface area contributed by atoms with Crippen molar-refractivity contribution in [3.8, 4) is 6.07 Å². The number of nitrogens with zero attached hydrogens (tertiary/aromatic N) is 3. The molecule has 4 nitrogen and oxygen atoms in total. The van der Waals surface area contributed by atoms with Crippen LogP contribution in [0.3, 0.4) is 0 Å². The molecule has 1 aromatic carbocycles. The standard InChI is InChI=1S/C15H14ClFN4/c1-8(2)14-20-13(16)9(3)15(21-14)19-12-5-4-11(17)6-10(12)7-18/h4-6,8H,1-3H3,(H,19,20,21). The summed E-state index contributed by atoms with van der Waals surface area (Å²) in [6, 6.07) is 5.90. The summed E-state index contributed by atoms with van der Waals surface area (Å²) in [7, 11) is 0. The summed E-state index contributed by atoms with van der Waals surface area (Å²) in [5.74, 6) is 0.778. The van der Waals surface area contributed by atoms with Crippen LogP contribution in [0.5, 0.6) is 0 Å². The Morgan fingerprint density at radius 1 is 1.33 bits per heavy atom. The molecule has 0 bridgehead atoms. The summed E-state index contributed by atoms with van der Waals surface area (Å²) in [4.78, 5) is 8.64. The highest BCUT2D eigenvalue weighted by Crippen LogP contribution is 2.27. The van der Waals surface area contributed by atoms with Gasteiger partial charge in [0.15, 0.2) is 0 Å². The van der Waals surface area contributed by atoms with Gasteiger partial charge in [-0.05, 0) is 25.1 Å². The number of nitrogens with one attached hydrogen (secondary N) is 1. The highest BCUT2D eigenvalue weighted by Gasteiger charge is 2.13. The average Bonchev–Trinajstić information content (AvgIpc) is 2.45. The third-order valence-electron chi connectivity index (χ3n) is 2.98. The lowest BCUT2D eigenvalue weighted by Gasteiger charge is -2.13. The number of halogens is 2. The fraction of sp³-hybridized carbons (Fsp3) is 0.267. The molecular formula is C15H14ClFN4. The van der Waals surface area contributed by atoms with Crippen molar-refractivity contribution in [3.05, 3.63) is 46.1 Å². The Kier molecular flexibility index (Phi) is 4.39. The monoisotopic (exact) mass is 304 g/mol. The molecule has 0 saturated heterocycles. The number of hydrogen-bond acceptors (Lipinski definition) is 4. The topological polar surface area (TPSA) is 61.6 Å². The lowest BCUT2D eigenvalue weighted by Crippen LogP contribution is -2.06. The summed E-state index contributed by atoms with van der Waals surface area (Å²) in [6.07, 6.45) is 0. The number of rotatable bonds is 3. The van der Waals surface area contributed by atoms with Crippen molar-refractivity contribution in [2.24, 2.45) is 0 Å². The van der Waals surface area contributed by atoms with Gasteiger partial charge in [-0.1, -0.05) is 25.4 Å². The smallest absolute Gasteiger partial charge is 0.138 e. The molecular weight excluding hydrogens is 291 g/mol. The lowest BCUT2D eigenvalue weighted by atomic mass is 10.1. The molecule has 0 unspecified atom stereocenters. The average molecular weight is 305 g/mol. The first-order chi connectivity index (χ1) is 9.92. The van der Waals surface area contributed by atoms with Gasteiger partial charge in [-0.2, -0.15) is 5.26 Å². The predicted molar refractivity (Wildman–Crippen MR) is 80.3 cm³/mol. The molecule has 1 aromatic heterocycles. The predicted octanol–water partition coefficient (Wildman–Crippen LogP) is 4.32. The highest BCUT2D eigenvalue weighted by molar-refractivity contribution is 6.30. The molecule has 1 N–H and O–H groups in total. The first-order valence-electron chi connectivity index (χ1n) is 6.43. The summed E-state index contributed by atoms with van der Waals surface area (Å²) in [5.41, 5.74) is 1.36. The number of anilines is 2. The van der Waals surface area contributed by atoms with Crippen LogP contribution in [-0.4, -0.2) is 9.97 Å². The van der Waals surface area contributed by atoms with Crippen LogP contribution >= 0.6 is 11.6 Å². The minimum Gasteiger partial charge on any atom is -0.339 e. The van der Waals surface area contributed by atoms with Gasteiger partial charge in [-0.3, -0.25) is 0 Å². The molecule has 2 aromatic rings. The molecule has 0 aliphatic carbocycles. The first-order valence-corrected chi connectivity index (χ1v) is 6.81. The van der Waals surface area contributed by atoms with E-state index in [1.54, 1.807) is 6.92 Å². The van der Waals surface area contributed by atoms with Crippen molar-refractivity contribution in [3.63, 3.8) is 0 Å². The van der Waals surface area contributed by atoms with Crippen molar-refractivity contribution >= 4 is 23.1 Å². The Bertz CT molecular complexity index is 722. The normalized spacial score (nSPS) is 10.5. The third kappa shape index (κ3) is 3.29. The zero-order chi connectivity index (χ0) is 15.6. The molecule has 0 aliphatic heterocycles. The minimum atomic E-state index is -0.461. The quantitative estimate of drug-likeness (QED) is 0.858. The van der Waals surface area contributed by atoms with Crippen molar-refractivity contribution in [2.75, 3.05) is 5.32 Å². The van der Waals surface area contributed by atoms with Crippen LogP contribution in [0.1, 0.15) is 36.7 Å². The Balaban J connectivity index is 2.47. The molecule has 108 valence electrons. The fourth-order valence-corrected chi connectivity index (χ4v) is 1.91. The van der Waals surface area contributed by atoms with E-state index in [4.69, 9.17) is 16.9 Å². The molecule has 0 atom stereocenters. The molecule has 0 spiro atoms. The van der Waals surface area contributed by atoms with Gasteiger partial charge in [0.2, 0.25) is 0 Å². The van der Waals surface area contributed by atoms with E-state index in [-0.39, 0.29) is 11.5 Å². The zero-order valence-corrected chi connectivity index (χ0v) is 12.7. The molecule has 2 rings (SSSR count). The number of benzene rings is 1. The van der Waals surface area contributed by atoms with Crippen molar-refractivity contribution in [1.29, 1.82) is 5.26 Å². The number of hydrogen-bond donors (Lipinski definition) is 1. The summed E-state index contributed by atoms with van der Waals surface area (Å²) >= 11 is 6.11. The van der Waals surface area contributed by atoms with Crippen molar-refractivity contribution in [2.45, 2.75) is 26.7 Å². The lowest BCUT2D eigenvalue weighted by molar-refractivity contribution is 0.627. The van der Waals surface area contributed by atoms with E-state index in [0.29, 0.717) is 28.0 Å². The Labute approximate surface area is 127 Å². The highest BCUT2D eigenvalue weighted by atomic mass is 35.5. The maximum atomic E-state index is 13.2. The Morgan fingerprint density at radius 3 is 2.67 bits per heavy atom. The SMILES string of the molecule is Cc1c(Cl)nc(C(C)C)nc1Nc1ccc(F)cc1C#N. The molecule has 6 heteroatoms. The van der Waals surface area contributed by atoms with E-state index in [2.05, 4.69) is 15.3 Å². The van der Waals surface area contributed by atoms with Crippen LogP contribution in [-0.2, 0) is 0 Å². The van der Waals surface area contributed by atoms with E-state index in [1.807, 2.05) is 19.9 Å². The van der Waals surface area contributed by atoms with Crippen LogP contribution in [0, 0.1) is 24.1 Å². The van der Waals surface area contributed by atoms with Crippen LogP contribution < -0.4 is 5.32 Å². The minimum absolute atomic E-state index is 0.118. The zero-order valence-electron chi connectivity index (χ0n) is 11.9. The van der Waals surface area contributed by atoms with Gasteiger partial charge < -0.3 is 5.32 Å².